The molecular formula is C18H20N4O. The molecule has 0 N–H and O–H groups in total. The Morgan fingerprint density at radius 2 is 1.83 bits per heavy atom. The zero-order valence-electron chi connectivity index (χ0n) is 13.0. The van der Waals surface area contributed by atoms with Crippen LogP contribution in [0.4, 0.5) is 10.6 Å². The molecular weight excluding hydrogens is 288 g/mol. The van der Waals surface area contributed by atoms with Crippen molar-refractivity contribution in [1.82, 2.24) is 14.8 Å². The van der Waals surface area contributed by atoms with Gasteiger partial charge in [-0.3, -0.25) is 9.80 Å². The van der Waals surface area contributed by atoms with E-state index >= 15 is 0 Å². The molecule has 0 unspecified atom stereocenters. The lowest BCUT2D eigenvalue weighted by Crippen LogP contribution is -2.51. The molecule has 0 bridgehead atoms. The van der Waals surface area contributed by atoms with E-state index < -0.39 is 0 Å². The highest BCUT2D eigenvalue weighted by molar-refractivity contribution is 5.93. The monoisotopic (exact) mass is 308 g/mol. The fourth-order valence-electron chi connectivity index (χ4n) is 3.46. The van der Waals surface area contributed by atoms with Crippen molar-refractivity contribution in [2.45, 2.75) is 12.6 Å². The minimum Gasteiger partial charge on any atom is -0.317 e. The molecule has 23 heavy (non-hydrogen) atoms. The third-order valence-electron chi connectivity index (χ3n) is 4.61. The number of nitrogens with zero attached hydrogens (tertiary/aromatic N) is 4. The molecule has 2 fully saturated rings. The number of carbonyl (C=O) groups is 1. The Kier molecular flexibility index (Phi) is 3.71. The van der Waals surface area contributed by atoms with Gasteiger partial charge in [-0.1, -0.05) is 36.4 Å². The minimum absolute atomic E-state index is 0.0908. The molecule has 0 spiro atoms. The summed E-state index contributed by atoms with van der Waals surface area (Å²) >= 11 is 0. The molecule has 0 aliphatic carbocycles. The molecule has 1 atom stereocenters. The van der Waals surface area contributed by atoms with Crippen LogP contribution in [0.15, 0.2) is 54.7 Å². The van der Waals surface area contributed by atoms with Gasteiger partial charge in [-0.2, -0.15) is 0 Å². The average molecular weight is 308 g/mol. The summed E-state index contributed by atoms with van der Waals surface area (Å²) in [7, 11) is 0. The normalized spacial score (nSPS) is 21.6. The summed E-state index contributed by atoms with van der Waals surface area (Å²) in [6, 6.07) is 16.6. The third kappa shape index (κ3) is 2.80. The maximum absolute atomic E-state index is 12.6. The van der Waals surface area contributed by atoms with Gasteiger partial charge in [0.2, 0.25) is 0 Å². The van der Waals surface area contributed by atoms with Gasteiger partial charge in [0.15, 0.2) is 0 Å². The highest BCUT2D eigenvalue weighted by atomic mass is 16.2. The van der Waals surface area contributed by atoms with Crippen LogP contribution in [-0.4, -0.2) is 53.0 Å². The SMILES string of the molecule is O=C1N(c2ccccn2)C[C@H]2CN(Cc3ccccc3)CCN12. The number of aromatic nitrogens is 1. The van der Waals surface area contributed by atoms with Gasteiger partial charge < -0.3 is 4.90 Å². The molecule has 2 aliphatic heterocycles. The number of hydrogen-bond donors (Lipinski definition) is 0. The van der Waals surface area contributed by atoms with Gasteiger partial charge in [-0.05, 0) is 17.7 Å². The molecule has 5 nitrogen and oxygen atoms in total. The second-order valence-corrected chi connectivity index (χ2v) is 6.15. The second kappa shape index (κ2) is 6.01. The number of urea groups is 1. The molecule has 0 radical (unpaired) electrons. The van der Waals surface area contributed by atoms with Gasteiger partial charge in [0.1, 0.15) is 5.82 Å². The van der Waals surface area contributed by atoms with Crippen LogP contribution in [-0.2, 0) is 6.54 Å². The van der Waals surface area contributed by atoms with Gasteiger partial charge in [0, 0.05) is 32.4 Å². The standard InChI is InChI=1S/C18H20N4O/c23-18-21-11-10-20(12-15-6-2-1-3-7-15)13-16(21)14-22(18)17-8-4-5-9-19-17/h1-9,16H,10-14H2/t16-/m1/s1. The van der Waals surface area contributed by atoms with Crippen LogP contribution in [0.1, 0.15) is 5.56 Å². The smallest absolute Gasteiger partial charge is 0.317 e. The number of amides is 2. The molecule has 2 saturated heterocycles. The molecule has 2 aromatic rings. The van der Waals surface area contributed by atoms with Crippen LogP contribution in [0.25, 0.3) is 0 Å². The highest BCUT2D eigenvalue weighted by Gasteiger charge is 2.41. The molecule has 1 aromatic heterocycles. The number of benzene rings is 1. The molecule has 118 valence electrons. The van der Waals surface area contributed by atoms with Gasteiger partial charge in [0.25, 0.3) is 0 Å². The first-order valence-electron chi connectivity index (χ1n) is 8.07. The van der Waals surface area contributed by atoms with Gasteiger partial charge in [-0.25, -0.2) is 9.78 Å². The van der Waals surface area contributed by atoms with Crippen molar-refractivity contribution in [3.8, 4) is 0 Å². The van der Waals surface area contributed by atoms with Gasteiger partial charge in [-0.15, -0.1) is 0 Å². The predicted octanol–water partition coefficient (Wildman–Crippen LogP) is 2.21. The average Bonchev–Trinajstić information content (AvgIpc) is 2.93. The lowest BCUT2D eigenvalue weighted by atomic mass is 10.1. The first kappa shape index (κ1) is 14.2. The zero-order valence-corrected chi connectivity index (χ0v) is 13.0. The summed E-state index contributed by atoms with van der Waals surface area (Å²) in [6.07, 6.45) is 1.74. The van der Waals surface area contributed by atoms with E-state index in [9.17, 15) is 4.79 Å². The maximum atomic E-state index is 12.6. The number of rotatable bonds is 3. The summed E-state index contributed by atoms with van der Waals surface area (Å²) in [5, 5.41) is 0. The Hall–Kier alpha value is -2.40. The van der Waals surface area contributed by atoms with E-state index in [1.165, 1.54) is 5.56 Å². The maximum Gasteiger partial charge on any atom is 0.326 e. The summed E-state index contributed by atoms with van der Waals surface area (Å²) in [6.45, 7) is 4.31. The summed E-state index contributed by atoms with van der Waals surface area (Å²) in [4.78, 5) is 23.2. The van der Waals surface area contributed by atoms with Crippen LogP contribution in [0.3, 0.4) is 0 Å². The Morgan fingerprint density at radius 3 is 2.61 bits per heavy atom. The molecule has 2 amide bonds. The van der Waals surface area contributed by atoms with Crippen LogP contribution in [0.2, 0.25) is 0 Å². The van der Waals surface area contributed by atoms with Crippen molar-refractivity contribution in [2.75, 3.05) is 31.1 Å². The lowest BCUT2D eigenvalue weighted by molar-refractivity contribution is 0.116. The van der Waals surface area contributed by atoms with E-state index in [2.05, 4.69) is 34.1 Å². The van der Waals surface area contributed by atoms with E-state index in [-0.39, 0.29) is 12.1 Å². The van der Waals surface area contributed by atoms with E-state index in [0.717, 1.165) is 38.5 Å². The highest BCUT2D eigenvalue weighted by Crippen LogP contribution is 2.25. The van der Waals surface area contributed by atoms with Crippen molar-refractivity contribution in [2.24, 2.45) is 0 Å². The van der Waals surface area contributed by atoms with Crippen LogP contribution in [0.5, 0.6) is 0 Å². The number of carbonyl (C=O) groups excluding carboxylic acids is 1. The van der Waals surface area contributed by atoms with Gasteiger partial charge in [0.05, 0.1) is 12.6 Å². The Balaban J connectivity index is 1.45. The minimum atomic E-state index is 0.0908. The van der Waals surface area contributed by atoms with E-state index in [1.807, 2.05) is 29.2 Å². The topological polar surface area (TPSA) is 39.7 Å². The van der Waals surface area contributed by atoms with E-state index in [0.29, 0.717) is 0 Å². The van der Waals surface area contributed by atoms with Crippen LogP contribution >= 0.6 is 0 Å². The first-order valence-corrected chi connectivity index (χ1v) is 8.07. The van der Waals surface area contributed by atoms with Crippen LogP contribution in [0, 0.1) is 0 Å². The largest absolute Gasteiger partial charge is 0.326 e. The fourth-order valence-corrected chi connectivity index (χ4v) is 3.46. The molecule has 5 heteroatoms. The predicted molar refractivity (Wildman–Crippen MR) is 89.2 cm³/mol. The van der Waals surface area contributed by atoms with Crippen molar-refractivity contribution < 1.29 is 4.79 Å². The number of pyridine rings is 1. The quantitative estimate of drug-likeness (QED) is 0.873. The molecule has 1 aromatic carbocycles. The molecule has 4 rings (SSSR count). The molecule has 0 saturated carbocycles. The Morgan fingerprint density at radius 1 is 1.00 bits per heavy atom. The third-order valence-corrected chi connectivity index (χ3v) is 4.61. The Labute approximate surface area is 136 Å². The lowest BCUT2D eigenvalue weighted by Gasteiger charge is -2.36. The van der Waals surface area contributed by atoms with E-state index in [4.69, 9.17) is 0 Å². The number of hydrogen-bond acceptors (Lipinski definition) is 3. The fraction of sp³-hybridized carbons (Fsp3) is 0.333. The first-order chi connectivity index (χ1) is 11.3. The number of anilines is 1. The van der Waals surface area contributed by atoms with Crippen LogP contribution < -0.4 is 4.90 Å². The number of fused-ring (bicyclic) bond motifs is 1. The Bertz CT molecular complexity index is 676. The van der Waals surface area contributed by atoms with Crippen molar-refractivity contribution in [1.29, 1.82) is 0 Å². The summed E-state index contributed by atoms with van der Waals surface area (Å²) < 4.78 is 0. The summed E-state index contributed by atoms with van der Waals surface area (Å²) in [5.74, 6) is 0.751. The summed E-state index contributed by atoms with van der Waals surface area (Å²) in [5.41, 5.74) is 1.33. The second-order valence-electron chi connectivity index (χ2n) is 6.15. The van der Waals surface area contributed by atoms with Crippen molar-refractivity contribution in [3.05, 3.63) is 60.3 Å². The zero-order chi connectivity index (χ0) is 15.6. The molecule has 2 aliphatic rings. The van der Waals surface area contributed by atoms with E-state index in [1.54, 1.807) is 11.1 Å². The van der Waals surface area contributed by atoms with Gasteiger partial charge >= 0.3 is 6.03 Å². The van der Waals surface area contributed by atoms with Crippen molar-refractivity contribution in [3.63, 3.8) is 0 Å². The molecule has 3 heterocycles. The number of piperazine rings is 1. The van der Waals surface area contributed by atoms with Crippen molar-refractivity contribution >= 4 is 11.8 Å².